The number of nitrogens with zero attached hydrogens (tertiary/aromatic N) is 1. The minimum atomic E-state index is -1.06. The lowest BCUT2D eigenvalue weighted by atomic mass is 9.95. The van der Waals surface area contributed by atoms with Gasteiger partial charge in [0.1, 0.15) is 17.3 Å². The number of carboxylic acid groups (broad SMARTS) is 1. The highest BCUT2D eigenvalue weighted by Gasteiger charge is 2.26. The molecule has 1 aliphatic rings. The zero-order chi connectivity index (χ0) is 29.8. The van der Waals surface area contributed by atoms with Crippen LogP contribution in [-0.4, -0.2) is 36.2 Å². The third-order valence-electron chi connectivity index (χ3n) is 7.27. The van der Waals surface area contributed by atoms with Crippen LogP contribution in [0.4, 0.5) is 4.39 Å². The monoisotopic (exact) mass is 564 g/mol. The average Bonchev–Trinajstić information content (AvgIpc) is 3.25. The second-order valence-electron chi connectivity index (χ2n) is 9.82. The number of ether oxygens (including phenoxy) is 2. The summed E-state index contributed by atoms with van der Waals surface area (Å²) in [4.78, 5) is 28.9. The van der Waals surface area contributed by atoms with E-state index < -0.39 is 5.97 Å². The Bertz CT molecular complexity index is 1720. The number of fused-ring (bicyclic) bond motifs is 1. The van der Waals surface area contributed by atoms with Crippen LogP contribution in [-0.2, 0) is 11.3 Å². The summed E-state index contributed by atoms with van der Waals surface area (Å²) in [7, 11) is 3.03. The van der Waals surface area contributed by atoms with Gasteiger partial charge in [-0.25, -0.2) is 9.18 Å². The van der Waals surface area contributed by atoms with Gasteiger partial charge < -0.3 is 19.9 Å². The van der Waals surface area contributed by atoms with Crippen LogP contribution < -0.4 is 14.8 Å². The standard InChI is InChI=1S/C34H29FN2O5/c1-20-27(13-22-14-30(41-2)33(31(15-22)42-3)25-8-4-5-9-26(25)34(39)40)24-11-10-23(35)16-29(24)28(20)17-32(38)37-19-21-7-6-12-36-18-21/h4-16,18H,17,19H2,1-3H3,(H,37,38)(H,39,40)/b27-13-. The molecule has 1 heterocycles. The predicted molar refractivity (Wildman–Crippen MR) is 160 cm³/mol. The number of amides is 1. The van der Waals surface area contributed by atoms with E-state index in [9.17, 15) is 19.1 Å². The van der Waals surface area contributed by atoms with E-state index in [2.05, 4.69) is 10.3 Å². The Morgan fingerprint density at radius 2 is 1.69 bits per heavy atom. The topological polar surface area (TPSA) is 97.8 Å². The van der Waals surface area contributed by atoms with Crippen molar-refractivity contribution >= 4 is 29.1 Å². The Balaban J connectivity index is 1.54. The van der Waals surface area contributed by atoms with Crippen molar-refractivity contribution in [1.29, 1.82) is 0 Å². The van der Waals surface area contributed by atoms with Crippen LogP contribution in [0.2, 0.25) is 0 Å². The number of carbonyl (C=O) groups excluding carboxylic acids is 1. The second-order valence-corrected chi connectivity index (χ2v) is 9.82. The lowest BCUT2D eigenvalue weighted by molar-refractivity contribution is -0.120. The quantitative estimate of drug-likeness (QED) is 0.237. The molecular formula is C34H29FN2O5. The molecule has 2 N–H and O–H groups in total. The number of hydrogen-bond acceptors (Lipinski definition) is 5. The molecule has 0 spiro atoms. The van der Waals surface area contributed by atoms with Crippen LogP contribution in [0.15, 0.2) is 84.7 Å². The maximum Gasteiger partial charge on any atom is 0.336 e. The minimum absolute atomic E-state index is 0.0808. The first-order valence-corrected chi connectivity index (χ1v) is 13.3. The molecule has 0 fully saturated rings. The maximum absolute atomic E-state index is 14.4. The number of benzene rings is 3. The van der Waals surface area contributed by atoms with Gasteiger partial charge in [0.15, 0.2) is 0 Å². The molecule has 212 valence electrons. The lowest BCUT2D eigenvalue weighted by Gasteiger charge is -2.17. The molecule has 0 bridgehead atoms. The summed E-state index contributed by atoms with van der Waals surface area (Å²) >= 11 is 0. The summed E-state index contributed by atoms with van der Waals surface area (Å²) in [5, 5.41) is 12.7. The Morgan fingerprint density at radius 3 is 2.36 bits per heavy atom. The van der Waals surface area contributed by atoms with Crippen LogP contribution in [0.5, 0.6) is 11.5 Å². The fraction of sp³-hybridized carbons (Fsp3) is 0.147. The number of carbonyl (C=O) groups is 2. The molecule has 8 heteroatoms. The van der Waals surface area contributed by atoms with Crippen LogP contribution >= 0.6 is 0 Å². The summed E-state index contributed by atoms with van der Waals surface area (Å²) in [6, 6.07) is 18.5. The molecule has 0 radical (unpaired) electrons. The van der Waals surface area contributed by atoms with Crippen LogP contribution in [0.3, 0.4) is 0 Å². The van der Waals surface area contributed by atoms with Gasteiger partial charge >= 0.3 is 5.97 Å². The van der Waals surface area contributed by atoms with Gasteiger partial charge in [0.05, 0.1) is 31.8 Å². The normalized spacial score (nSPS) is 13.2. The fourth-order valence-electron chi connectivity index (χ4n) is 5.24. The van der Waals surface area contributed by atoms with Gasteiger partial charge in [0.25, 0.3) is 0 Å². The average molecular weight is 565 g/mol. The predicted octanol–water partition coefficient (Wildman–Crippen LogP) is 6.64. The SMILES string of the molecule is COc1cc(/C=C2/C(C)=C(CC(=O)NCc3cccnc3)c3cc(F)ccc32)cc(OC)c1-c1ccccc1C(=O)O. The Hall–Kier alpha value is -5.24. The molecule has 0 saturated carbocycles. The van der Waals surface area contributed by atoms with Crippen molar-refractivity contribution in [3.8, 4) is 22.6 Å². The van der Waals surface area contributed by atoms with Gasteiger partial charge in [-0.05, 0) is 88.4 Å². The molecule has 0 unspecified atom stereocenters. The first-order chi connectivity index (χ1) is 20.3. The third-order valence-corrected chi connectivity index (χ3v) is 7.27. The molecule has 1 aromatic heterocycles. The van der Waals surface area contributed by atoms with Gasteiger partial charge in [-0.1, -0.05) is 30.3 Å². The summed E-state index contributed by atoms with van der Waals surface area (Å²) in [6.07, 6.45) is 5.38. The third kappa shape index (κ3) is 5.65. The molecule has 5 rings (SSSR count). The van der Waals surface area contributed by atoms with Crippen LogP contribution in [0.1, 0.15) is 46.0 Å². The van der Waals surface area contributed by atoms with Crippen molar-refractivity contribution in [3.05, 3.63) is 118 Å². The number of rotatable bonds is 9. The summed E-state index contributed by atoms with van der Waals surface area (Å²) in [5.74, 6) is -0.767. The number of halogens is 1. The molecule has 42 heavy (non-hydrogen) atoms. The molecule has 1 aliphatic carbocycles. The van der Waals surface area contributed by atoms with Crippen molar-refractivity contribution in [2.75, 3.05) is 14.2 Å². The van der Waals surface area contributed by atoms with E-state index in [-0.39, 0.29) is 23.7 Å². The highest BCUT2D eigenvalue weighted by molar-refractivity contribution is 6.08. The van der Waals surface area contributed by atoms with Gasteiger partial charge in [0, 0.05) is 24.5 Å². The Kier molecular flexibility index (Phi) is 8.15. The summed E-state index contributed by atoms with van der Waals surface area (Å²) in [6.45, 7) is 2.26. The van der Waals surface area contributed by atoms with Crippen molar-refractivity contribution in [3.63, 3.8) is 0 Å². The number of aromatic nitrogens is 1. The van der Waals surface area contributed by atoms with E-state index >= 15 is 0 Å². The zero-order valence-electron chi connectivity index (χ0n) is 23.4. The number of pyridine rings is 1. The van der Waals surface area contributed by atoms with Crippen LogP contribution in [0.25, 0.3) is 28.3 Å². The highest BCUT2D eigenvalue weighted by Crippen LogP contribution is 2.46. The summed E-state index contributed by atoms with van der Waals surface area (Å²) < 4.78 is 25.8. The van der Waals surface area contributed by atoms with Crippen molar-refractivity contribution in [1.82, 2.24) is 10.3 Å². The molecule has 3 aromatic carbocycles. The smallest absolute Gasteiger partial charge is 0.336 e. The van der Waals surface area contributed by atoms with Crippen LogP contribution in [0, 0.1) is 5.82 Å². The molecular weight excluding hydrogens is 535 g/mol. The first kappa shape index (κ1) is 28.3. The van der Waals surface area contributed by atoms with Gasteiger partial charge in [0.2, 0.25) is 5.91 Å². The van der Waals surface area contributed by atoms with E-state index in [1.165, 1.54) is 32.4 Å². The largest absolute Gasteiger partial charge is 0.496 e. The highest BCUT2D eigenvalue weighted by atomic mass is 19.1. The van der Waals surface area contributed by atoms with Gasteiger partial charge in [-0.2, -0.15) is 0 Å². The summed E-state index contributed by atoms with van der Waals surface area (Å²) in [5.41, 5.74) is 6.63. The molecule has 1 amide bonds. The molecule has 7 nitrogen and oxygen atoms in total. The number of nitrogens with one attached hydrogen (secondary N) is 1. The number of hydrogen-bond donors (Lipinski definition) is 2. The Morgan fingerprint density at radius 1 is 0.952 bits per heavy atom. The number of methoxy groups -OCH3 is 2. The molecule has 0 saturated heterocycles. The molecule has 0 aliphatic heterocycles. The van der Waals surface area contributed by atoms with Crippen molar-refractivity contribution in [2.45, 2.75) is 19.9 Å². The number of aromatic carboxylic acids is 1. The van der Waals surface area contributed by atoms with E-state index in [0.717, 1.165) is 33.4 Å². The number of carboxylic acids is 1. The van der Waals surface area contributed by atoms with E-state index in [1.54, 1.807) is 48.8 Å². The molecule has 4 aromatic rings. The lowest BCUT2D eigenvalue weighted by Crippen LogP contribution is -2.22. The number of allylic oxidation sites excluding steroid dienone is 2. The Labute approximate surface area is 243 Å². The van der Waals surface area contributed by atoms with Gasteiger partial charge in [-0.3, -0.25) is 9.78 Å². The zero-order valence-corrected chi connectivity index (χ0v) is 23.4. The second kappa shape index (κ2) is 12.1. The van der Waals surface area contributed by atoms with E-state index in [0.29, 0.717) is 34.7 Å². The molecule has 0 atom stereocenters. The minimum Gasteiger partial charge on any atom is -0.496 e. The van der Waals surface area contributed by atoms with Crippen molar-refractivity contribution < 1.29 is 28.6 Å². The van der Waals surface area contributed by atoms with Crippen molar-refractivity contribution in [2.24, 2.45) is 0 Å². The first-order valence-electron chi connectivity index (χ1n) is 13.3. The van der Waals surface area contributed by atoms with Gasteiger partial charge in [-0.15, -0.1) is 0 Å². The fourth-order valence-corrected chi connectivity index (χ4v) is 5.24. The van der Waals surface area contributed by atoms with E-state index in [1.807, 2.05) is 25.1 Å². The maximum atomic E-state index is 14.4. The van der Waals surface area contributed by atoms with E-state index in [4.69, 9.17) is 9.47 Å².